The van der Waals surface area contributed by atoms with Crippen molar-refractivity contribution in [2.45, 2.75) is 44.5 Å². The molecule has 0 aliphatic carbocycles. The third-order valence-electron chi connectivity index (χ3n) is 6.72. The molecule has 2 aliphatic heterocycles. The summed E-state index contributed by atoms with van der Waals surface area (Å²) < 4.78 is 16.6. The van der Waals surface area contributed by atoms with Crippen molar-refractivity contribution in [3.8, 4) is 11.5 Å². The van der Waals surface area contributed by atoms with E-state index in [-0.39, 0.29) is 30.4 Å². The van der Waals surface area contributed by atoms with Gasteiger partial charge in [-0.1, -0.05) is 0 Å². The fourth-order valence-electron chi connectivity index (χ4n) is 4.80. The van der Waals surface area contributed by atoms with Crippen LogP contribution in [0.2, 0.25) is 0 Å². The predicted molar refractivity (Wildman–Crippen MR) is 133 cm³/mol. The monoisotopic (exact) mass is 495 g/mol. The van der Waals surface area contributed by atoms with Crippen LogP contribution in [0.4, 0.5) is 0 Å². The van der Waals surface area contributed by atoms with Gasteiger partial charge in [-0.2, -0.15) is 0 Å². The van der Waals surface area contributed by atoms with E-state index in [0.717, 1.165) is 0 Å². The Morgan fingerprint density at radius 3 is 1.86 bits per heavy atom. The van der Waals surface area contributed by atoms with Gasteiger partial charge in [0.2, 0.25) is 5.91 Å². The molecule has 0 bridgehead atoms. The van der Waals surface area contributed by atoms with Crippen LogP contribution in [0, 0.1) is 0 Å². The van der Waals surface area contributed by atoms with Gasteiger partial charge in [-0.05, 0) is 62.4 Å². The molecule has 0 saturated carbocycles. The summed E-state index contributed by atoms with van der Waals surface area (Å²) in [5, 5.41) is 2.91. The van der Waals surface area contributed by atoms with Gasteiger partial charge in [0, 0.05) is 43.1 Å². The van der Waals surface area contributed by atoms with Gasteiger partial charge in [0.15, 0.2) is 0 Å². The van der Waals surface area contributed by atoms with Crippen LogP contribution in [0.3, 0.4) is 0 Å². The van der Waals surface area contributed by atoms with E-state index in [0.29, 0.717) is 48.6 Å². The lowest BCUT2D eigenvalue weighted by atomic mass is 9.96. The van der Waals surface area contributed by atoms with Crippen LogP contribution in [-0.2, 0) is 9.53 Å². The number of piperidine rings is 1. The maximum Gasteiger partial charge on any atom is 0.256 e. The normalized spacial score (nSPS) is 18.9. The number of nitrogens with one attached hydrogen (secondary N) is 1. The fourth-order valence-corrected chi connectivity index (χ4v) is 4.80. The summed E-state index contributed by atoms with van der Waals surface area (Å²) in [6, 6.07) is 13.0. The van der Waals surface area contributed by atoms with Gasteiger partial charge in [-0.15, -0.1) is 0 Å². The molecule has 0 aromatic heterocycles. The number of ether oxygens (including phenoxy) is 3. The molecule has 4 rings (SSSR count). The highest BCUT2D eigenvalue weighted by molar-refractivity contribution is 5.99. The Labute approximate surface area is 211 Å². The third kappa shape index (κ3) is 5.02. The Kier molecular flexibility index (Phi) is 7.49. The minimum absolute atomic E-state index is 0.0732. The summed E-state index contributed by atoms with van der Waals surface area (Å²) in [5.74, 6) is 0.697. The van der Waals surface area contributed by atoms with Crippen LogP contribution in [0.25, 0.3) is 0 Å². The zero-order valence-electron chi connectivity index (χ0n) is 21.2. The molecule has 9 nitrogen and oxygen atoms in total. The minimum atomic E-state index is -0.966. The summed E-state index contributed by atoms with van der Waals surface area (Å²) in [6.07, 6.45) is 0.810. The van der Waals surface area contributed by atoms with Crippen molar-refractivity contribution in [2.24, 2.45) is 0 Å². The van der Waals surface area contributed by atoms with Crippen molar-refractivity contribution >= 4 is 17.7 Å². The molecule has 2 aromatic rings. The lowest BCUT2D eigenvalue weighted by Crippen LogP contribution is -2.60. The van der Waals surface area contributed by atoms with E-state index in [1.165, 1.54) is 0 Å². The van der Waals surface area contributed by atoms with E-state index in [4.69, 9.17) is 14.2 Å². The van der Waals surface area contributed by atoms with E-state index in [1.54, 1.807) is 72.6 Å². The topological polar surface area (TPSA) is 97.4 Å². The van der Waals surface area contributed by atoms with E-state index in [1.807, 2.05) is 13.8 Å². The van der Waals surface area contributed by atoms with Crippen molar-refractivity contribution in [2.75, 3.05) is 33.9 Å². The summed E-state index contributed by atoms with van der Waals surface area (Å²) >= 11 is 0. The summed E-state index contributed by atoms with van der Waals surface area (Å²) in [6.45, 7) is 4.66. The average molecular weight is 496 g/mol. The standard InChI is InChI=1S/C27H33N3O6/c1-18(2)28-24(31)23-17-36-27(30(23)26(33)20-7-11-22(35-4)12-8-20)13-15-29(16-14-27)25(32)19-5-9-21(34-3)10-6-19/h5-12,18,23H,13-17H2,1-4H3,(H,28,31)/t23-/m0/s1. The molecule has 2 aliphatic rings. The molecule has 0 unspecified atom stereocenters. The molecule has 2 aromatic carbocycles. The van der Waals surface area contributed by atoms with Gasteiger partial charge in [0.25, 0.3) is 11.8 Å². The SMILES string of the molecule is COc1ccc(C(=O)N2CCC3(CC2)OC[C@@H](C(=O)NC(C)C)N3C(=O)c2ccc(OC)cc2)cc1. The molecule has 1 N–H and O–H groups in total. The van der Waals surface area contributed by atoms with Crippen molar-refractivity contribution in [1.82, 2.24) is 15.1 Å². The van der Waals surface area contributed by atoms with Gasteiger partial charge in [-0.3, -0.25) is 19.3 Å². The molecule has 36 heavy (non-hydrogen) atoms. The van der Waals surface area contributed by atoms with Gasteiger partial charge < -0.3 is 24.4 Å². The summed E-state index contributed by atoms with van der Waals surface area (Å²) in [7, 11) is 3.14. The Bertz CT molecular complexity index is 1090. The summed E-state index contributed by atoms with van der Waals surface area (Å²) in [4.78, 5) is 43.2. The smallest absolute Gasteiger partial charge is 0.256 e. The molecule has 1 spiro atoms. The molecule has 1 atom stereocenters. The van der Waals surface area contributed by atoms with Gasteiger partial charge in [0.1, 0.15) is 23.3 Å². The van der Waals surface area contributed by atoms with E-state index in [9.17, 15) is 14.4 Å². The lowest BCUT2D eigenvalue weighted by Gasteiger charge is -2.44. The molecule has 0 radical (unpaired) electrons. The first-order chi connectivity index (χ1) is 17.3. The second-order valence-corrected chi connectivity index (χ2v) is 9.36. The van der Waals surface area contributed by atoms with Crippen LogP contribution < -0.4 is 14.8 Å². The third-order valence-corrected chi connectivity index (χ3v) is 6.72. The molecular weight excluding hydrogens is 462 g/mol. The molecule has 2 heterocycles. The minimum Gasteiger partial charge on any atom is -0.497 e. The second kappa shape index (κ2) is 10.6. The van der Waals surface area contributed by atoms with Crippen LogP contribution in [0.15, 0.2) is 48.5 Å². The quantitative estimate of drug-likeness (QED) is 0.662. The maximum absolute atomic E-state index is 13.8. The van der Waals surface area contributed by atoms with Gasteiger partial charge >= 0.3 is 0 Å². The second-order valence-electron chi connectivity index (χ2n) is 9.36. The molecule has 2 fully saturated rings. The summed E-state index contributed by atoms with van der Waals surface area (Å²) in [5.41, 5.74) is 0.0476. The van der Waals surface area contributed by atoms with E-state index < -0.39 is 11.8 Å². The number of benzene rings is 2. The Morgan fingerprint density at radius 1 is 0.889 bits per heavy atom. The number of hydrogen-bond acceptors (Lipinski definition) is 6. The lowest BCUT2D eigenvalue weighted by molar-refractivity contribution is -0.128. The van der Waals surface area contributed by atoms with Gasteiger partial charge in [0.05, 0.1) is 20.8 Å². The van der Waals surface area contributed by atoms with Crippen molar-refractivity contribution in [1.29, 1.82) is 0 Å². The van der Waals surface area contributed by atoms with Crippen LogP contribution >= 0.6 is 0 Å². The largest absolute Gasteiger partial charge is 0.497 e. The first kappa shape index (κ1) is 25.5. The van der Waals surface area contributed by atoms with Crippen molar-refractivity contribution in [3.05, 3.63) is 59.7 Å². The highest BCUT2D eigenvalue weighted by Gasteiger charge is 2.54. The fraction of sp³-hybridized carbons (Fsp3) is 0.444. The molecular formula is C27H33N3O6. The Balaban J connectivity index is 1.55. The number of nitrogens with zero attached hydrogens (tertiary/aromatic N) is 2. The number of amides is 3. The highest BCUT2D eigenvalue weighted by Crippen LogP contribution is 2.39. The number of hydrogen-bond donors (Lipinski definition) is 1. The Hall–Kier alpha value is -3.59. The molecule has 192 valence electrons. The number of carbonyl (C=O) groups is 3. The van der Waals surface area contributed by atoms with Crippen molar-refractivity contribution in [3.63, 3.8) is 0 Å². The first-order valence-electron chi connectivity index (χ1n) is 12.1. The van der Waals surface area contributed by atoms with Crippen LogP contribution in [-0.4, -0.2) is 79.2 Å². The van der Waals surface area contributed by atoms with Crippen LogP contribution in [0.5, 0.6) is 11.5 Å². The first-order valence-corrected chi connectivity index (χ1v) is 12.1. The van der Waals surface area contributed by atoms with Crippen molar-refractivity contribution < 1.29 is 28.6 Å². The molecule has 9 heteroatoms. The average Bonchev–Trinajstić information content (AvgIpc) is 3.26. The molecule has 2 saturated heterocycles. The van der Waals surface area contributed by atoms with Crippen LogP contribution in [0.1, 0.15) is 47.4 Å². The zero-order valence-corrected chi connectivity index (χ0v) is 21.2. The zero-order chi connectivity index (χ0) is 25.9. The Morgan fingerprint density at radius 2 is 1.39 bits per heavy atom. The molecule has 3 amide bonds. The number of rotatable bonds is 6. The predicted octanol–water partition coefficient (Wildman–Crippen LogP) is 2.70. The number of carbonyl (C=O) groups excluding carboxylic acids is 3. The van der Waals surface area contributed by atoms with E-state index in [2.05, 4.69) is 5.32 Å². The highest BCUT2D eigenvalue weighted by atomic mass is 16.5. The van der Waals surface area contributed by atoms with E-state index >= 15 is 0 Å². The van der Waals surface area contributed by atoms with Gasteiger partial charge in [-0.25, -0.2) is 0 Å². The number of likely N-dealkylation sites (tertiary alicyclic amines) is 1. The number of methoxy groups -OCH3 is 2. The maximum atomic E-state index is 13.8.